The van der Waals surface area contributed by atoms with Crippen LogP contribution in [0.3, 0.4) is 0 Å². The van der Waals surface area contributed by atoms with Crippen molar-refractivity contribution in [3.8, 4) is 0 Å². The summed E-state index contributed by atoms with van der Waals surface area (Å²) in [6.45, 7) is 3.94. The standard InChI is InChI=1S/C12H19F2N3/c1-12(2,17(3)4)11(16-15)8-5-6-9(13)10(14)7-8/h5-7,11,16H,15H2,1-4H3. The Kier molecular flexibility index (Phi) is 4.19. The first-order valence-corrected chi connectivity index (χ1v) is 5.39. The lowest BCUT2D eigenvalue weighted by Gasteiger charge is -2.40. The summed E-state index contributed by atoms with van der Waals surface area (Å²) >= 11 is 0. The number of hydrogen-bond acceptors (Lipinski definition) is 3. The first-order chi connectivity index (χ1) is 7.80. The molecule has 17 heavy (non-hydrogen) atoms. The van der Waals surface area contributed by atoms with E-state index in [9.17, 15) is 8.78 Å². The molecule has 1 aromatic carbocycles. The topological polar surface area (TPSA) is 41.3 Å². The number of nitrogens with two attached hydrogens (primary N) is 1. The minimum Gasteiger partial charge on any atom is -0.302 e. The van der Waals surface area contributed by atoms with Crippen LogP contribution in [-0.2, 0) is 0 Å². The number of nitrogens with one attached hydrogen (secondary N) is 1. The number of hydrazine groups is 1. The fourth-order valence-electron chi connectivity index (χ4n) is 1.66. The quantitative estimate of drug-likeness (QED) is 0.626. The predicted octanol–water partition coefficient (Wildman–Crippen LogP) is 1.81. The Bertz CT molecular complexity index is 391. The summed E-state index contributed by atoms with van der Waals surface area (Å²) in [7, 11) is 3.81. The van der Waals surface area contributed by atoms with Gasteiger partial charge in [0.1, 0.15) is 0 Å². The third-order valence-electron chi connectivity index (χ3n) is 3.30. The highest BCUT2D eigenvalue weighted by molar-refractivity contribution is 5.24. The molecule has 1 unspecified atom stereocenters. The summed E-state index contributed by atoms with van der Waals surface area (Å²) in [5.41, 5.74) is 2.94. The van der Waals surface area contributed by atoms with Crippen LogP contribution in [0.2, 0.25) is 0 Å². The normalized spacial score (nSPS) is 14.1. The highest BCUT2D eigenvalue weighted by Crippen LogP contribution is 2.29. The van der Waals surface area contributed by atoms with Gasteiger partial charge >= 0.3 is 0 Å². The van der Waals surface area contributed by atoms with Crippen LogP contribution in [0.25, 0.3) is 0 Å². The number of hydrogen-bond donors (Lipinski definition) is 2. The van der Waals surface area contributed by atoms with Gasteiger partial charge in [-0.2, -0.15) is 0 Å². The Hall–Kier alpha value is -1.04. The lowest BCUT2D eigenvalue weighted by Crippen LogP contribution is -2.51. The third kappa shape index (κ3) is 2.80. The second-order valence-electron chi connectivity index (χ2n) is 4.82. The van der Waals surface area contributed by atoms with Crippen molar-refractivity contribution in [3.63, 3.8) is 0 Å². The fraction of sp³-hybridized carbons (Fsp3) is 0.500. The molecule has 3 N–H and O–H groups in total. The molecule has 0 aromatic heterocycles. The van der Waals surface area contributed by atoms with Gasteiger partial charge in [0.2, 0.25) is 0 Å². The zero-order chi connectivity index (χ0) is 13.2. The number of rotatable bonds is 4. The lowest BCUT2D eigenvalue weighted by molar-refractivity contribution is 0.138. The Morgan fingerprint density at radius 3 is 2.24 bits per heavy atom. The van der Waals surface area contributed by atoms with Crippen LogP contribution >= 0.6 is 0 Å². The molecule has 1 rings (SSSR count). The summed E-state index contributed by atoms with van der Waals surface area (Å²) in [5.74, 6) is 3.81. The number of nitrogens with zero attached hydrogens (tertiary/aromatic N) is 1. The van der Waals surface area contributed by atoms with Crippen LogP contribution in [0, 0.1) is 11.6 Å². The van der Waals surface area contributed by atoms with Crippen molar-refractivity contribution in [1.82, 2.24) is 10.3 Å². The zero-order valence-corrected chi connectivity index (χ0v) is 10.6. The van der Waals surface area contributed by atoms with E-state index in [1.165, 1.54) is 12.1 Å². The Morgan fingerprint density at radius 1 is 1.24 bits per heavy atom. The molecule has 3 nitrogen and oxygen atoms in total. The molecule has 0 aliphatic heterocycles. The highest BCUT2D eigenvalue weighted by atomic mass is 19.2. The molecule has 0 saturated heterocycles. The lowest BCUT2D eigenvalue weighted by atomic mass is 9.88. The van der Waals surface area contributed by atoms with Crippen molar-refractivity contribution < 1.29 is 8.78 Å². The Morgan fingerprint density at radius 2 is 1.82 bits per heavy atom. The maximum Gasteiger partial charge on any atom is 0.159 e. The molecule has 0 aliphatic carbocycles. The van der Waals surface area contributed by atoms with Gasteiger partial charge in [0.05, 0.1) is 6.04 Å². The van der Waals surface area contributed by atoms with Gasteiger partial charge in [-0.1, -0.05) is 6.07 Å². The van der Waals surface area contributed by atoms with Gasteiger partial charge in [0.15, 0.2) is 11.6 Å². The molecule has 0 spiro atoms. The molecular formula is C12H19F2N3. The van der Waals surface area contributed by atoms with E-state index < -0.39 is 11.6 Å². The summed E-state index contributed by atoms with van der Waals surface area (Å²) in [6.07, 6.45) is 0. The maximum absolute atomic E-state index is 13.2. The largest absolute Gasteiger partial charge is 0.302 e. The zero-order valence-electron chi connectivity index (χ0n) is 10.6. The molecule has 0 bridgehead atoms. The summed E-state index contributed by atoms with van der Waals surface area (Å²) in [5, 5.41) is 0. The van der Waals surface area contributed by atoms with Crippen LogP contribution in [0.1, 0.15) is 25.5 Å². The molecule has 0 saturated carbocycles. The first kappa shape index (κ1) is 14.0. The van der Waals surface area contributed by atoms with Gasteiger partial charge in [-0.25, -0.2) is 8.78 Å². The fourth-order valence-corrected chi connectivity index (χ4v) is 1.66. The van der Waals surface area contributed by atoms with Crippen molar-refractivity contribution >= 4 is 0 Å². The molecule has 1 aromatic rings. The van der Waals surface area contributed by atoms with Crippen molar-refractivity contribution in [2.24, 2.45) is 5.84 Å². The average Bonchev–Trinajstić information content (AvgIpc) is 2.23. The molecule has 0 amide bonds. The minimum absolute atomic E-state index is 0.299. The van der Waals surface area contributed by atoms with Crippen molar-refractivity contribution in [3.05, 3.63) is 35.4 Å². The summed E-state index contributed by atoms with van der Waals surface area (Å²) in [4.78, 5) is 1.97. The van der Waals surface area contributed by atoms with Gasteiger partial charge < -0.3 is 4.90 Å². The number of benzene rings is 1. The minimum atomic E-state index is -0.864. The van der Waals surface area contributed by atoms with Gasteiger partial charge in [-0.05, 0) is 45.6 Å². The van der Waals surface area contributed by atoms with E-state index in [-0.39, 0.29) is 11.6 Å². The predicted molar refractivity (Wildman–Crippen MR) is 64.2 cm³/mol. The van der Waals surface area contributed by atoms with E-state index in [0.717, 1.165) is 6.07 Å². The molecule has 0 fully saturated rings. The van der Waals surface area contributed by atoms with E-state index in [1.807, 2.05) is 32.8 Å². The van der Waals surface area contributed by atoms with E-state index >= 15 is 0 Å². The maximum atomic E-state index is 13.2. The molecule has 5 heteroatoms. The van der Waals surface area contributed by atoms with E-state index in [4.69, 9.17) is 5.84 Å². The summed E-state index contributed by atoms with van der Waals surface area (Å²) < 4.78 is 26.1. The van der Waals surface area contributed by atoms with E-state index in [0.29, 0.717) is 5.56 Å². The third-order valence-corrected chi connectivity index (χ3v) is 3.30. The molecular weight excluding hydrogens is 224 g/mol. The second kappa shape index (κ2) is 5.08. The SMILES string of the molecule is CN(C)C(C)(C)C(NN)c1ccc(F)c(F)c1. The number of halogens is 2. The Labute approximate surface area is 101 Å². The van der Waals surface area contributed by atoms with Crippen LogP contribution in [0.15, 0.2) is 18.2 Å². The molecule has 0 heterocycles. The van der Waals surface area contributed by atoms with Crippen molar-refractivity contribution in [2.75, 3.05) is 14.1 Å². The monoisotopic (exact) mass is 243 g/mol. The second-order valence-corrected chi connectivity index (χ2v) is 4.82. The van der Waals surface area contributed by atoms with E-state index in [1.54, 1.807) is 0 Å². The van der Waals surface area contributed by atoms with Gasteiger partial charge in [-0.15, -0.1) is 0 Å². The smallest absolute Gasteiger partial charge is 0.159 e. The van der Waals surface area contributed by atoms with E-state index in [2.05, 4.69) is 5.43 Å². The van der Waals surface area contributed by atoms with Gasteiger partial charge in [0, 0.05) is 5.54 Å². The van der Waals surface area contributed by atoms with Crippen LogP contribution < -0.4 is 11.3 Å². The Balaban J connectivity index is 3.14. The molecule has 0 radical (unpaired) electrons. The summed E-state index contributed by atoms with van der Waals surface area (Å²) in [6, 6.07) is 3.52. The van der Waals surface area contributed by atoms with Crippen LogP contribution in [0.5, 0.6) is 0 Å². The highest BCUT2D eigenvalue weighted by Gasteiger charge is 2.32. The molecule has 96 valence electrons. The van der Waals surface area contributed by atoms with Crippen molar-refractivity contribution in [2.45, 2.75) is 25.4 Å². The van der Waals surface area contributed by atoms with Crippen LogP contribution in [-0.4, -0.2) is 24.5 Å². The van der Waals surface area contributed by atoms with Gasteiger partial charge in [0.25, 0.3) is 0 Å². The first-order valence-electron chi connectivity index (χ1n) is 5.39. The number of likely N-dealkylation sites (N-methyl/N-ethyl adjacent to an activating group) is 1. The molecule has 0 aliphatic rings. The average molecular weight is 243 g/mol. The molecule has 1 atom stereocenters. The van der Waals surface area contributed by atoms with Crippen molar-refractivity contribution in [1.29, 1.82) is 0 Å². The van der Waals surface area contributed by atoms with Crippen LogP contribution in [0.4, 0.5) is 8.78 Å². The van der Waals surface area contributed by atoms with Gasteiger partial charge in [-0.3, -0.25) is 11.3 Å².